The summed E-state index contributed by atoms with van der Waals surface area (Å²) >= 11 is 1.28. The summed E-state index contributed by atoms with van der Waals surface area (Å²) in [6.07, 6.45) is 4.07. The first-order valence-electron chi connectivity index (χ1n) is 8.63. The number of likely N-dealkylation sites (tertiary alicyclic amines) is 1. The van der Waals surface area contributed by atoms with Gasteiger partial charge in [-0.2, -0.15) is 0 Å². The summed E-state index contributed by atoms with van der Waals surface area (Å²) in [5, 5.41) is 14.1. The third kappa shape index (κ3) is 4.96. The van der Waals surface area contributed by atoms with E-state index in [9.17, 15) is 4.79 Å². The number of pyridine rings is 1. The van der Waals surface area contributed by atoms with E-state index in [1.165, 1.54) is 30.7 Å². The van der Waals surface area contributed by atoms with Crippen LogP contribution in [0.3, 0.4) is 0 Å². The highest BCUT2D eigenvalue weighted by molar-refractivity contribution is 7.13. The number of amides is 1. The number of anilines is 2. The largest absolute Gasteiger partial charge is 0.369 e. The molecular weight excluding hydrogens is 336 g/mol. The molecule has 1 amide bonds. The highest BCUT2D eigenvalue weighted by Crippen LogP contribution is 2.19. The van der Waals surface area contributed by atoms with Gasteiger partial charge in [0.25, 0.3) is 5.91 Å². The van der Waals surface area contributed by atoms with E-state index < -0.39 is 0 Å². The lowest BCUT2D eigenvalue weighted by molar-refractivity contribution is 0.102. The molecule has 0 saturated carbocycles. The van der Waals surface area contributed by atoms with Crippen molar-refractivity contribution in [2.24, 2.45) is 5.92 Å². The molecule has 0 unspecified atom stereocenters. The van der Waals surface area contributed by atoms with Crippen LogP contribution in [0, 0.1) is 5.92 Å². The lowest BCUT2D eigenvalue weighted by Gasteiger charge is -2.26. The van der Waals surface area contributed by atoms with Gasteiger partial charge >= 0.3 is 0 Å². The van der Waals surface area contributed by atoms with Crippen molar-refractivity contribution < 1.29 is 4.79 Å². The first kappa shape index (κ1) is 17.8. The summed E-state index contributed by atoms with van der Waals surface area (Å²) < 4.78 is 0. The van der Waals surface area contributed by atoms with Gasteiger partial charge in [-0.3, -0.25) is 15.0 Å². The summed E-state index contributed by atoms with van der Waals surface area (Å²) in [5.41, 5.74) is 2.08. The minimum atomic E-state index is -0.227. The van der Waals surface area contributed by atoms with Crippen LogP contribution in [-0.2, 0) is 0 Å². The van der Waals surface area contributed by atoms with Gasteiger partial charge in [0.15, 0.2) is 0 Å². The maximum atomic E-state index is 12.1. The van der Waals surface area contributed by atoms with Crippen LogP contribution in [-0.4, -0.2) is 51.7 Å². The second-order valence-electron chi connectivity index (χ2n) is 6.70. The molecule has 1 fully saturated rings. The predicted molar refractivity (Wildman–Crippen MR) is 100 cm³/mol. The molecule has 0 radical (unpaired) electrons. The van der Waals surface area contributed by atoms with Crippen LogP contribution in [0.25, 0.3) is 0 Å². The monoisotopic (exact) mass is 360 g/mol. The van der Waals surface area contributed by atoms with Crippen molar-refractivity contribution in [1.29, 1.82) is 0 Å². The van der Waals surface area contributed by atoms with Crippen LogP contribution in [0.2, 0.25) is 0 Å². The third-order valence-corrected chi connectivity index (χ3v) is 4.83. The number of nitrogens with one attached hydrogen (secondary N) is 2. The fraction of sp³-hybridized carbons (Fsp3) is 0.529. The van der Waals surface area contributed by atoms with E-state index in [1.54, 1.807) is 17.8 Å². The quantitative estimate of drug-likeness (QED) is 0.790. The molecule has 0 aromatic carbocycles. The van der Waals surface area contributed by atoms with Gasteiger partial charge in [-0.25, -0.2) is 4.98 Å². The molecule has 2 N–H and O–H groups in total. The second kappa shape index (κ2) is 8.35. The van der Waals surface area contributed by atoms with Gasteiger partial charge in [0.1, 0.15) is 11.3 Å². The Kier molecular flexibility index (Phi) is 5.93. The van der Waals surface area contributed by atoms with Gasteiger partial charge in [-0.15, -0.1) is 10.2 Å². The third-order valence-electron chi connectivity index (χ3n) is 4.22. The fourth-order valence-electron chi connectivity index (χ4n) is 3.09. The molecule has 0 bridgehead atoms. The standard InChI is InChI=1S/C17H24N6OS/c1-12(2)10-23-7-3-4-14(23)9-19-15-6-5-13(8-18-15)16(24)21-17-22-20-11-25-17/h5-6,8,11-12,14H,3-4,7,9-10H2,1-2H3,(H,18,19)(H,21,22,24)/t14-/m1/s1. The van der Waals surface area contributed by atoms with Crippen molar-refractivity contribution >= 4 is 28.2 Å². The molecule has 7 nitrogen and oxygen atoms in total. The Balaban J connectivity index is 1.51. The second-order valence-corrected chi connectivity index (χ2v) is 7.53. The van der Waals surface area contributed by atoms with Gasteiger partial charge in [0.05, 0.1) is 5.56 Å². The van der Waals surface area contributed by atoms with Crippen molar-refractivity contribution in [2.45, 2.75) is 32.7 Å². The van der Waals surface area contributed by atoms with Gasteiger partial charge in [0.2, 0.25) is 5.13 Å². The maximum Gasteiger partial charge on any atom is 0.259 e. The average Bonchev–Trinajstić information content (AvgIpc) is 3.25. The number of hydrogen-bond acceptors (Lipinski definition) is 7. The molecule has 2 aromatic rings. The number of carbonyl (C=O) groups is 1. The fourth-order valence-corrected chi connectivity index (χ4v) is 3.53. The van der Waals surface area contributed by atoms with E-state index in [0.29, 0.717) is 22.7 Å². The molecular formula is C17H24N6OS. The zero-order chi connectivity index (χ0) is 17.6. The van der Waals surface area contributed by atoms with Crippen LogP contribution < -0.4 is 10.6 Å². The Labute approximate surface area is 151 Å². The molecule has 3 heterocycles. The average molecular weight is 360 g/mol. The van der Waals surface area contributed by atoms with E-state index in [2.05, 4.69) is 44.6 Å². The normalized spacial score (nSPS) is 17.8. The molecule has 1 aliphatic rings. The first-order chi connectivity index (χ1) is 12.1. The van der Waals surface area contributed by atoms with Gasteiger partial charge in [-0.1, -0.05) is 25.2 Å². The van der Waals surface area contributed by atoms with Crippen LogP contribution in [0.5, 0.6) is 0 Å². The Morgan fingerprint density at radius 1 is 1.44 bits per heavy atom. The number of aromatic nitrogens is 3. The summed E-state index contributed by atoms with van der Waals surface area (Å²) in [7, 11) is 0. The van der Waals surface area contributed by atoms with Crippen LogP contribution in [0.15, 0.2) is 23.8 Å². The smallest absolute Gasteiger partial charge is 0.259 e. The summed E-state index contributed by atoms with van der Waals surface area (Å²) in [4.78, 5) is 19.0. The maximum absolute atomic E-state index is 12.1. The van der Waals surface area contributed by atoms with Crippen molar-refractivity contribution in [3.63, 3.8) is 0 Å². The predicted octanol–water partition coefficient (Wildman–Crippen LogP) is 2.72. The Bertz CT molecular complexity index is 673. The molecule has 0 spiro atoms. The number of rotatable bonds is 7. The lowest BCUT2D eigenvalue weighted by Crippen LogP contribution is -2.37. The lowest BCUT2D eigenvalue weighted by atomic mass is 10.1. The highest BCUT2D eigenvalue weighted by Gasteiger charge is 2.24. The first-order valence-corrected chi connectivity index (χ1v) is 9.51. The molecule has 1 aliphatic heterocycles. The van der Waals surface area contributed by atoms with Crippen molar-refractivity contribution in [3.8, 4) is 0 Å². The minimum Gasteiger partial charge on any atom is -0.369 e. The van der Waals surface area contributed by atoms with Gasteiger partial charge < -0.3 is 5.32 Å². The van der Waals surface area contributed by atoms with E-state index in [1.807, 2.05) is 6.07 Å². The minimum absolute atomic E-state index is 0.227. The van der Waals surface area contributed by atoms with Crippen LogP contribution in [0.1, 0.15) is 37.0 Å². The molecule has 1 saturated heterocycles. The van der Waals surface area contributed by atoms with E-state index in [0.717, 1.165) is 18.9 Å². The van der Waals surface area contributed by atoms with Gasteiger partial charge in [-0.05, 0) is 37.4 Å². The van der Waals surface area contributed by atoms with Crippen molar-refractivity contribution in [2.75, 3.05) is 30.3 Å². The topological polar surface area (TPSA) is 83.0 Å². The van der Waals surface area contributed by atoms with Crippen LogP contribution in [0.4, 0.5) is 10.9 Å². The molecule has 8 heteroatoms. The Hall–Kier alpha value is -2.06. The number of hydrogen-bond donors (Lipinski definition) is 2. The Morgan fingerprint density at radius 3 is 3.00 bits per heavy atom. The van der Waals surface area contributed by atoms with Crippen molar-refractivity contribution in [1.82, 2.24) is 20.1 Å². The summed E-state index contributed by atoms with van der Waals surface area (Å²) in [6.45, 7) is 7.73. The van der Waals surface area contributed by atoms with Crippen molar-refractivity contribution in [3.05, 3.63) is 29.4 Å². The molecule has 134 valence electrons. The van der Waals surface area contributed by atoms with E-state index >= 15 is 0 Å². The van der Waals surface area contributed by atoms with Crippen LogP contribution >= 0.6 is 11.3 Å². The summed E-state index contributed by atoms with van der Waals surface area (Å²) in [5.74, 6) is 1.25. The molecule has 25 heavy (non-hydrogen) atoms. The molecule has 3 rings (SSSR count). The number of carbonyl (C=O) groups excluding carboxylic acids is 1. The Morgan fingerprint density at radius 2 is 2.32 bits per heavy atom. The molecule has 2 aromatic heterocycles. The SMILES string of the molecule is CC(C)CN1CCC[C@@H]1CNc1ccc(C(=O)Nc2nncs2)cn1. The zero-order valence-corrected chi connectivity index (χ0v) is 15.4. The summed E-state index contributed by atoms with van der Waals surface area (Å²) in [6, 6.07) is 4.17. The number of nitrogens with zero attached hydrogens (tertiary/aromatic N) is 4. The van der Waals surface area contributed by atoms with E-state index in [-0.39, 0.29) is 5.91 Å². The van der Waals surface area contributed by atoms with Gasteiger partial charge in [0, 0.05) is 25.3 Å². The molecule has 1 atom stereocenters. The highest BCUT2D eigenvalue weighted by atomic mass is 32.1. The molecule has 0 aliphatic carbocycles. The van der Waals surface area contributed by atoms with E-state index in [4.69, 9.17) is 0 Å². The zero-order valence-electron chi connectivity index (χ0n) is 14.6.